The number of hydrogen-bond donors (Lipinski definition) is 1. The highest BCUT2D eigenvalue weighted by atomic mass is 79.9. The summed E-state index contributed by atoms with van der Waals surface area (Å²) in [6, 6.07) is 4.66. The van der Waals surface area contributed by atoms with Crippen LogP contribution in [-0.2, 0) is 0 Å². The van der Waals surface area contributed by atoms with Gasteiger partial charge in [-0.15, -0.1) is 0 Å². The van der Waals surface area contributed by atoms with Crippen molar-refractivity contribution in [3.63, 3.8) is 0 Å². The maximum absolute atomic E-state index is 14.0. The first-order chi connectivity index (χ1) is 9.85. The van der Waals surface area contributed by atoms with Gasteiger partial charge in [-0.2, -0.15) is 0 Å². The summed E-state index contributed by atoms with van der Waals surface area (Å²) in [5.74, 6) is -0.847. The molecule has 0 bridgehead atoms. The minimum absolute atomic E-state index is 0.182. The molecule has 0 heterocycles. The highest BCUT2D eigenvalue weighted by molar-refractivity contribution is 9.10. The van der Waals surface area contributed by atoms with Crippen LogP contribution in [0.5, 0.6) is 5.75 Å². The molecule has 0 aliphatic rings. The quantitative estimate of drug-likeness (QED) is 0.839. The maximum atomic E-state index is 14.0. The van der Waals surface area contributed by atoms with Crippen molar-refractivity contribution in [2.45, 2.75) is 13.0 Å². The van der Waals surface area contributed by atoms with Crippen molar-refractivity contribution in [1.82, 2.24) is 0 Å². The van der Waals surface area contributed by atoms with Crippen molar-refractivity contribution >= 4 is 27.5 Å². The lowest BCUT2D eigenvalue weighted by molar-refractivity contribution is 0.404. The standard InChI is InChI=1S/C15H13BrClF2NO/c1-7-3-9(13(19)6-12(7)18)14(20)10-4-8(17)5-11(16)15(10)21-2/h3-6,14H,20H2,1-2H3. The normalized spacial score (nSPS) is 12.3. The van der Waals surface area contributed by atoms with E-state index in [9.17, 15) is 8.78 Å². The van der Waals surface area contributed by atoms with Crippen LogP contribution in [0, 0.1) is 18.6 Å². The molecular formula is C15H13BrClF2NO. The predicted molar refractivity (Wildman–Crippen MR) is 82.8 cm³/mol. The second kappa shape index (κ2) is 6.30. The lowest BCUT2D eigenvalue weighted by Gasteiger charge is -2.19. The van der Waals surface area contributed by atoms with Gasteiger partial charge in [-0.3, -0.25) is 0 Å². The van der Waals surface area contributed by atoms with E-state index in [-0.39, 0.29) is 5.56 Å². The molecule has 6 heteroatoms. The fraction of sp³-hybridized carbons (Fsp3) is 0.200. The summed E-state index contributed by atoms with van der Waals surface area (Å²) in [7, 11) is 1.48. The molecule has 21 heavy (non-hydrogen) atoms. The molecule has 112 valence electrons. The van der Waals surface area contributed by atoms with Gasteiger partial charge in [0.2, 0.25) is 0 Å². The summed E-state index contributed by atoms with van der Waals surface area (Å²) in [4.78, 5) is 0. The van der Waals surface area contributed by atoms with Crippen molar-refractivity contribution in [3.8, 4) is 5.75 Å². The van der Waals surface area contributed by atoms with Gasteiger partial charge >= 0.3 is 0 Å². The van der Waals surface area contributed by atoms with Crippen LogP contribution in [0.25, 0.3) is 0 Å². The van der Waals surface area contributed by atoms with Crippen molar-refractivity contribution in [2.75, 3.05) is 7.11 Å². The van der Waals surface area contributed by atoms with Crippen LogP contribution in [0.1, 0.15) is 22.7 Å². The van der Waals surface area contributed by atoms with Gasteiger partial charge in [0.05, 0.1) is 17.6 Å². The second-order valence-corrected chi connectivity index (χ2v) is 5.90. The van der Waals surface area contributed by atoms with Crippen LogP contribution >= 0.6 is 27.5 Å². The van der Waals surface area contributed by atoms with Crippen LogP contribution in [-0.4, -0.2) is 7.11 Å². The van der Waals surface area contributed by atoms with Gasteiger partial charge in [-0.1, -0.05) is 11.6 Å². The summed E-state index contributed by atoms with van der Waals surface area (Å²) in [6.07, 6.45) is 0. The largest absolute Gasteiger partial charge is 0.495 e. The van der Waals surface area contributed by atoms with Gasteiger partial charge in [0.15, 0.2) is 0 Å². The molecule has 0 fully saturated rings. The minimum atomic E-state index is -0.825. The SMILES string of the molecule is COc1c(Br)cc(Cl)cc1C(N)c1cc(C)c(F)cc1F. The first kappa shape index (κ1) is 16.2. The maximum Gasteiger partial charge on any atom is 0.138 e. The van der Waals surface area contributed by atoms with Crippen molar-refractivity contribution in [1.29, 1.82) is 0 Å². The average molecular weight is 377 g/mol. The number of hydrogen-bond acceptors (Lipinski definition) is 2. The van der Waals surface area contributed by atoms with Gasteiger partial charge in [0.25, 0.3) is 0 Å². The Kier molecular flexibility index (Phi) is 4.86. The first-order valence-corrected chi connectivity index (χ1v) is 7.26. The van der Waals surface area contributed by atoms with Crippen molar-refractivity contribution in [3.05, 3.63) is 62.1 Å². The Bertz CT molecular complexity index is 694. The third-order valence-corrected chi connectivity index (χ3v) is 4.00. The van der Waals surface area contributed by atoms with E-state index in [1.54, 1.807) is 19.1 Å². The van der Waals surface area contributed by atoms with E-state index in [4.69, 9.17) is 22.1 Å². The third kappa shape index (κ3) is 3.20. The highest BCUT2D eigenvalue weighted by Gasteiger charge is 2.21. The second-order valence-electron chi connectivity index (χ2n) is 4.61. The average Bonchev–Trinajstić information content (AvgIpc) is 2.41. The van der Waals surface area contributed by atoms with E-state index in [0.717, 1.165) is 6.07 Å². The highest BCUT2D eigenvalue weighted by Crippen LogP contribution is 2.38. The molecule has 2 aromatic carbocycles. The number of methoxy groups -OCH3 is 1. The first-order valence-electron chi connectivity index (χ1n) is 6.09. The predicted octanol–water partition coefficient (Wildman–Crippen LogP) is 4.75. The zero-order valence-electron chi connectivity index (χ0n) is 11.4. The zero-order chi connectivity index (χ0) is 15.7. The summed E-state index contributed by atoms with van der Waals surface area (Å²) in [6.45, 7) is 1.55. The van der Waals surface area contributed by atoms with Crippen LogP contribution in [0.15, 0.2) is 28.7 Å². The lowest BCUT2D eigenvalue weighted by Crippen LogP contribution is -2.15. The van der Waals surface area contributed by atoms with Gasteiger partial charge in [0, 0.05) is 22.2 Å². The fourth-order valence-corrected chi connectivity index (χ4v) is 3.11. The van der Waals surface area contributed by atoms with Crippen molar-refractivity contribution < 1.29 is 13.5 Å². The molecule has 2 rings (SSSR count). The number of ether oxygens (including phenoxy) is 1. The number of rotatable bonds is 3. The van der Waals surface area contributed by atoms with E-state index in [2.05, 4.69) is 15.9 Å². The molecule has 0 saturated carbocycles. The minimum Gasteiger partial charge on any atom is -0.495 e. The molecule has 0 aliphatic carbocycles. The molecule has 2 aromatic rings. The Balaban J connectivity index is 2.60. The number of aryl methyl sites for hydroxylation is 1. The van der Waals surface area contributed by atoms with Crippen molar-refractivity contribution in [2.24, 2.45) is 5.73 Å². The molecule has 1 atom stereocenters. The van der Waals surface area contributed by atoms with Crippen LogP contribution < -0.4 is 10.5 Å². The van der Waals surface area contributed by atoms with Crippen LogP contribution in [0.4, 0.5) is 8.78 Å². The molecule has 2 N–H and O–H groups in total. The van der Waals surface area contributed by atoms with Gasteiger partial charge < -0.3 is 10.5 Å². The van der Waals surface area contributed by atoms with Gasteiger partial charge in [-0.05, 0) is 46.6 Å². The van der Waals surface area contributed by atoms with Gasteiger partial charge in [0.1, 0.15) is 17.4 Å². The molecule has 2 nitrogen and oxygen atoms in total. The Morgan fingerprint density at radius 2 is 1.81 bits per heavy atom. The molecule has 0 spiro atoms. The molecule has 1 unspecified atom stereocenters. The number of benzene rings is 2. The molecule has 0 radical (unpaired) electrons. The smallest absolute Gasteiger partial charge is 0.138 e. The monoisotopic (exact) mass is 375 g/mol. The van der Waals surface area contributed by atoms with E-state index in [1.807, 2.05) is 0 Å². The van der Waals surface area contributed by atoms with Crippen LogP contribution in [0.2, 0.25) is 5.02 Å². The van der Waals surface area contributed by atoms with Crippen LogP contribution in [0.3, 0.4) is 0 Å². The summed E-state index contributed by atoms with van der Waals surface area (Å²) in [5.41, 5.74) is 7.15. The lowest BCUT2D eigenvalue weighted by atomic mass is 9.96. The molecule has 0 aliphatic heterocycles. The number of nitrogens with two attached hydrogens (primary N) is 1. The molecular weight excluding hydrogens is 364 g/mol. The summed E-state index contributed by atoms with van der Waals surface area (Å²) >= 11 is 9.34. The zero-order valence-corrected chi connectivity index (χ0v) is 13.7. The summed E-state index contributed by atoms with van der Waals surface area (Å²) < 4.78 is 33.3. The fourth-order valence-electron chi connectivity index (χ4n) is 2.11. The Morgan fingerprint density at radius 1 is 1.14 bits per heavy atom. The Morgan fingerprint density at radius 3 is 2.43 bits per heavy atom. The van der Waals surface area contributed by atoms with E-state index in [1.165, 1.54) is 13.2 Å². The van der Waals surface area contributed by atoms with E-state index < -0.39 is 17.7 Å². The van der Waals surface area contributed by atoms with E-state index >= 15 is 0 Å². The Hall–Kier alpha value is -1.17. The molecule has 0 amide bonds. The van der Waals surface area contributed by atoms with Gasteiger partial charge in [-0.25, -0.2) is 8.78 Å². The third-order valence-electron chi connectivity index (χ3n) is 3.19. The topological polar surface area (TPSA) is 35.2 Å². The van der Waals surface area contributed by atoms with E-state index in [0.29, 0.717) is 26.4 Å². The number of halogens is 4. The molecule has 0 aromatic heterocycles. The Labute approximate surface area is 135 Å². The summed E-state index contributed by atoms with van der Waals surface area (Å²) in [5, 5.41) is 0.437. The molecule has 0 saturated heterocycles.